The Bertz CT molecular complexity index is 524. The fourth-order valence-electron chi connectivity index (χ4n) is 1.98. The summed E-state index contributed by atoms with van der Waals surface area (Å²) in [6.45, 7) is 5.17. The van der Waals surface area contributed by atoms with Gasteiger partial charge < -0.3 is 10.1 Å². The van der Waals surface area contributed by atoms with Crippen molar-refractivity contribution in [1.29, 1.82) is 0 Å². The van der Waals surface area contributed by atoms with E-state index in [4.69, 9.17) is 4.74 Å². The molecule has 4 nitrogen and oxygen atoms in total. The highest BCUT2D eigenvalue weighted by Gasteiger charge is 2.10. The monoisotopic (exact) mass is 291 g/mol. The van der Waals surface area contributed by atoms with Gasteiger partial charge in [0.1, 0.15) is 15.8 Å². The molecule has 0 spiro atoms. The maximum Gasteiger partial charge on any atom is 0.134 e. The highest BCUT2D eigenvalue weighted by atomic mass is 32.1. The van der Waals surface area contributed by atoms with Crippen LogP contribution in [-0.2, 0) is 12.8 Å². The minimum atomic E-state index is 0.284. The Morgan fingerprint density at radius 1 is 1.20 bits per heavy atom. The summed E-state index contributed by atoms with van der Waals surface area (Å²) >= 11 is 1.70. The van der Waals surface area contributed by atoms with E-state index in [1.807, 2.05) is 12.1 Å². The topological polar surface area (TPSA) is 47.0 Å². The van der Waals surface area contributed by atoms with Crippen LogP contribution < -0.4 is 10.1 Å². The molecule has 20 heavy (non-hydrogen) atoms. The van der Waals surface area contributed by atoms with E-state index in [1.165, 1.54) is 5.56 Å². The number of rotatable bonds is 7. The Morgan fingerprint density at radius 2 is 1.95 bits per heavy atom. The summed E-state index contributed by atoms with van der Waals surface area (Å²) in [4.78, 5) is 0. The van der Waals surface area contributed by atoms with Crippen LogP contribution in [0.5, 0.6) is 5.75 Å². The molecule has 1 aromatic heterocycles. The molecular formula is C15H21N3OS. The third kappa shape index (κ3) is 4.02. The van der Waals surface area contributed by atoms with Crippen LogP contribution in [0.4, 0.5) is 0 Å². The van der Waals surface area contributed by atoms with Crippen molar-refractivity contribution in [2.45, 2.75) is 32.7 Å². The normalized spacial score (nSPS) is 12.3. The summed E-state index contributed by atoms with van der Waals surface area (Å²) in [5, 5.41) is 14.1. The number of aryl methyl sites for hydroxylation is 2. The molecule has 0 bridgehead atoms. The molecule has 1 atom stereocenters. The second kappa shape index (κ2) is 7.36. The zero-order valence-corrected chi connectivity index (χ0v) is 13.0. The van der Waals surface area contributed by atoms with Crippen LogP contribution in [0.15, 0.2) is 24.3 Å². The van der Waals surface area contributed by atoms with E-state index in [1.54, 1.807) is 18.4 Å². The first-order chi connectivity index (χ1) is 9.72. The van der Waals surface area contributed by atoms with Crippen LogP contribution in [0, 0.1) is 0 Å². The van der Waals surface area contributed by atoms with E-state index in [2.05, 4.69) is 41.5 Å². The van der Waals surface area contributed by atoms with Gasteiger partial charge >= 0.3 is 0 Å². The van der Waals surface area contributed by atoms with Gasteiger partial charge in [0.25, 0.3) is 0 Å². The molecule has 5 heteroatoms. The van der Waals surface area contributed by atoms with Gasteiger partial charge in [-0.2, -0.15) is 0 Å². The van der Waals surface area contributed by atoms with E-state index in [-0.39, 0.29) is 6.04 Å². The SMILES string of the molecule is CCNC(C)c1nnc(CCc2ccc(OC)cc2)s1. The minimum absolute atomic E-state index is 0.284. The number of hydrogen-bond donors (Lipinski definition) is 1. The molecule has 1 heterocycles. The first-order valence-electron chi connectivity index (χ1n) is 6.91. The van der Waals surface area contributed by atoms with Crippen molar-refractivity contribution in [2.75, 3.05) is 13.7 Å². The molecule has 0 saturated carbocycles. The number of hydrogen-bond acceptors (Lipinski definition) is 5. The van der Waals surface area contributed by atoms with Crippen LogP contribution >= 0.6 is 11.3 Å². The van der Waals surface area contributed by atoms with Crippen molar-refractivity contribution in [3.05, 3.63) is 39.8 Å². The number of methoxy groups -OCH3 is 1. The molecule has 2 rings (SSSR count). The molecule has 2 aromatic rings. The molecule has 0 aliphatic carbocycles. The summed E-state index contributed by atoms with van der Waals surface area (Å²) in [6, 6.07) is 8.47. The Balaban J connectivity index is 1.90. The van der Waals surface area contributed by atoms with E-state index in [0.717, 1.165) is 35.2 Å². The van der Waals surface area contributed by atoms with E-state index < -0.39 is 0 Å². The zero-order chi connectivity index (χ0) is 14.4. The van der Waals surface area contributed by atoms with E-state index in [9.17, 15) is 0 Å². The van der Waals surface area contributed by atoms with Crippen molar-refractivity contribution in [3.8, 4) is 5.75 Å². The van der Waals surface area contributed by atoms with Crippen molar-refractivity contribution in [2.24, 2.45) is 0 Å². The Labute approximate surface area is 124 Å². The number of benzene rings is 1. The highest BCUT2D eigenvalue weighted by Crippen LogP contribution is 2.19. The molecule has 1 unspecified atom stereocenters. The quantitative estimate of drug-likeness (QED) is 0.852. The molecule has 0 aliphatic heterocycles. The van der Waals surface area contributed by atoms with Gasteiger partial charge in [-0.25, -0.2) is 0 Å². The van der Waals surface area contributed by atoms with Crippen LogP contribution in [0.2, 0.25) is 0 Å². The Hall–Kier alpha value is -1.46. The molecule has 0 fully saturated rings. The van der Waals surface area contributed by atoms with Crippen LogP contribution in [0.25, 0.3) is 0 Å². The van der Waals surface area contributed by atoms with Crippen LogP contribution in [-0.4, -0.2) is 23.9 Å². The lowest BCUT2D eigenvalue weighted by molar-refractivity contribution is 0.414. The first kappa shape index (κ1) is 14.9. The van der Waals surface area contributed by atoms with Gasteiger partial charge in [-0.1, -0.05) is 30.4 Å². The minimum Gasteiger partial charge on any atom is -0.497 e. The van der Waals surface area contributed by atoms with Gasteiger partial charge in [-0.15, -0.1) is 10.2 Å². The van der Waals surface area contributed by atoms with Gasteiger partial charge in [0, 0.05) is 6.42 Å². The van der Waals surface area contributed by atoms with Gasteiger partial charge in [-0.05, 0) is 37.6 Å². The molecule has 0 aliphatic rings. The molecule has 0 radical (unpaired) electrons. The number of nitrogens with one attached hydrogen (secondary N) is 1. The summed E-state index contributed by atoms with van der Waals surface area (Å²) in [6.07, 6.45) is 1.91. The second-order valence-corrected chi connectivity index (χ2v) is 5.76. The van der Waals surface area contributed by atoms with Crippen molar-refractivity contribution in [3.63, 3.8) is 0 Å². The van der Waals surface area contributed by atoms with Crippen molar-refractivity contribution < 1.29 is 4.74 Å². The summed E-state index contributed by atoms with van der Waals surface area (Å²) in [7, 11) is 1.68. The van der Waals surface area contributed by atoms with Gasteiger partial charge in [0.05, 0.1) is 13.2 Å². The van der Waals surface area contributed by atoms with Crippen LogP contribution in [0.3, 0.4) is 0 Å². The predicted octanol–water partition coefficient (Wildman–Crippen LogP) is 3.00. The maximum atomic E-state index is 5.16. The average Bonchev–Trinajstić information content (AvgIpc) is 2.95. The molecular weight excluding hydrogens is 270 g/mol. The third-order valence-electron chi connectivity index (χ3n) is 3.15. The predicted molar refractivity (Wildman–Crippen MR) is 82.4 cm³/mol. The zero-order valence-electron chi connectivity index (χ0n) is 12.2. The van der Waals surface area contributed by atoms with Crippen LogP contribution in [0.1, 0.15) is 35.5 Å². The molecule has 0 amide bonds. The maximum absolute atomic E-state index is 5.16. The van der Waals surface area contributed by atoms with E-state index in [0.29, 0.717) is 0 Å². The highest BCUT2D eigenvalue weighted by molar-refractivity contribution is 7.11. The average molecular weight is 291 g/mol. The molecule has 1 aromatic carbocycles. The summed E-state index contributed by atoms with van der Waals surface area (Å²) in [5.41, 5.74) is 1.29. The standard InChI is InChI=1S/C15H21N3OS/c1-4-16-11(2)15-18-17-14(20-15)10-7-12-5-8-13(19-3)9-6-12/h5-6,8-9,11,16H,4,7,10H2,1-3H3. The lowest BCUT2D eigenvalue weighted by Gasteiger charge is -2.06. The Kier molecular flexibility index (Phi) is 5.49. The second-order valence-electron chi connectivity index (χ2n) is 4.66. The number of aromatic nitrogens is 2. The Morgan fingerprint density at radius 3 is 2.60 bits per heavy atom. The fourth-order valence-corrected chi connectivity index (χ4v) is 2.85. The third-order valence-corrected chi connectivity index (χ3v) is 4.32. The van der Waals surface area contributed by atoms with E-state index >= 15 is 0 Å². The van der Waals surface area contributed by atoms with Gasteiger partial charge in [0.2, 0.25) is 0 Å². The van der Waals surface area contributed by atoms with Gasteiger partial charge in [-0.3, -0.25) is 0 Å². The largest absolute Gasteiger partial charge is 0.497 e. The summed E-state index contributed by atoms with van der Waals surface area (Å²) < 4.78 is 5.16. The smallest absolute Gasteiger partial charge is 0.134 e. The first-order valence-corrected chi connectivity index (χ1v) is 7.73. The number of ether oxygens (including phenoxy) is 1. The fraction of sp³-hybridized carbons (Fsp3) is 0.467. The lowest BCUT2D eigenvalue weighted by Crippen LogP contribution is -2.17. The molecule has 0 saturated heterocycles. The summed E-state index contributed by atoms with van der Waals surface area (Å²) in [5.74, 6) is 0.895. The van der Waals surface area contributed by atoms with Crippen molar-refractivity contribution in [1.82, 2.24) is 15.5 Å². The molecule has 108 valence electrons. The number of nitrogens with zero attached hydrogens (tertiary/aromatic N) is 2. The van der Waals surface area contributed by atoms with Crippen molar-refractivity contribution >= 4 is 11.3 Å². The lowest BCUT2D eigenvalue weighted by atomic mass is 10.1. The van der Waals surface area contributed by atoms with Gasteiger partial charge in [0.15, 0.2) is 0 Å². The molecule has 1 N–H and O–H groups in total.